The molecule has 0 bridgehead atoms. The summed E-state index contributed by atoms with van der Waals surface area (Å²) in [6, 6.07) is 2.30. The Morgan fingerprint density at radius 3 is 2.47 bits per heavy atom. The molecule has 4 nitrogen and oxygen atoms in total. The number of benzene rings is 1. The number of halogens is 3. The van der Waals surface area contributed by atoms with Gasteiger partial charge >= 0.3 is 5.76 Å². The Bertz CT molecular complexity index is 461. The first-order chi connectivity index (χ1) is 6.83. The zero-order valence-corrected chi connectivity index (χ0v) is 7.93. The minimum absolute atomic E-state index is 0.593. The van der Waals surface area contributed by atoms with Crippen molar-refractivity contribution in [3.05, 3.63) is 24.0 Å². The van der Waals surface area contributed by atoms with Crippen molar-refractivity contribution in [1.82, 2.24) is 0 Å². The lowest BCUT2D eigenvalue weighted by Gasteiger charge is -2.08. The molecule has 0 unspecified atom stereocenters. The lowest BCUT2D eigenvalue weighted by molar-refractivity contribution is 0.236. The molecule has 0 aliphatic carbocycles. The van der Waals surface area contributed by atoms with Crippen LogP contribution in [0, 0.1) is 5.82 Å². The second kappa shape index (κ2) is 3.97. The number of hydrogen-bond donors (Lipinski definition) is 2. The van der Waals surface area contributed by atoms with Gasteiger partial charge in [0, 0.05) is 6.07 Å². The summed E-state index contributed by atoms with van der Waals surface area (Å²) in [5.41, 5.74) is -0.629. The van der Waals surface area contributed by atoms with Gasteiger partial charge in [0.1, 0.15) is 11.6 Å². The van der Waals surface area contributed by atoms with Gasteiger partial charge in [0.25, 0.3) is 10.0 Å². The SMILES string of the molecule is O=S(=O)(Nc1cc(F)ccc1O)C(F)F. The van der Waals surface area contributed by atoms with E-state index in [1.54, 1.807) is 0 Å². The highest BCUT2D eigenvalue weighted by atomic mass is 32.2. The van der Waals surface area contributed by atoms with Crippen LogP contribution in [0.1, 0.15) is 0 Å². The first-order valence-corrected chi connectivity index (χ1v) is 5.16. The first kappa shape index (κ1) is 11.6. The van der Waals surface area contributed by atoms with Crippen molar-refractivity contribution in [2.24, 2.45) is 0 Å². The molecule has 1 aromatic carbocycles. The van der Waals surface area contributed by atoms with Crippen molar-refractivity contribution in [3.63, 3.8) is 0 Å². The maximum absolute atomic E-state index is 12.6. The molecule has 1 rings (SSSR count). The van der Waals surface area contributed by atoms with Crippen molar-refractivity contribution >= 4 is 15.7 Å². The largest absolute Gasteiger partial charge is 0.506 e. The topological polar surface area (TPSA) is 66.4 Å². The number of anilines is 1. The van der Waals surface area contributed by atoms with Crippen LogP contribution in [0.15, 0.2) is 18.2 Å². The number of phenols is 1. The molecular weight excluding hydrogens is 235 g/mol. The highest BCUT2D eigenvalue weighted by molar-refractivity contribution is 7.93. The summed E-state index contributed by atoms with van der Waals surface area (Å²) < 4.78 is 59.1. The predicted molar refractivity (Wildman–Crippen MR) is 46.6 cm³/mol. The Morgan fingerprint density at radius 2 is 1.93 bits per heavy atom. The molecule has 15 heavy (non-hydrogen) atoms. The molecule has 0 aliphatic heterocycles. The van der Waals surface area contributed by atoms with Crippen LogP contribution in [0.3, 0.4) is 0 Å². The van der Waals surface area contributed by atoms with Crippen molar-refractivity contribution in [2.45, 2.75) is 5.76 Å². The van der Waals surface area contributed by atoms with Gasteiger partial charge in [-0.3, -0.25) is 4.72 Å². The van der Waals surface area contributed by atoms with E-state index in [1.807, 2.05) is 0 Å². The predicted octanol–water partition coefficient (Wildman–Crippen LogP) is 1.50. The van der Waals surface area contributed by atoms with E-state index in [1.165, 1.54) is 4.72 Å². The van der Waals surface area contributed by atoms with Gasteiger partial charge in [-0.25, -0.2) is 12.8 Å². The number of nitrogens with one attached hydrogen (secondary N) is 1. The van der Waals surface area contributed by atoms with Crippen LogP contribution in [-0.2, 0) is 10.0 Å². The third-order valence-electron chi connectivity index (χ3n) is 1.45. The highest BCUT2D eigenvalue weighted by Crippen LogP contribution is 2.25. The van der Waals surface area contributed by atoms with E-state index in [-0.39, 0.29) is 0 Å². The summed E-state index contributed by atoms with van der Waals surface area (Å²) in [5.74, 6) is -5.15. The lowest BCUT2D eigenvalue weighted by Crippen LogP contribution is -2.20. The zero-order valence-electron chi connectivity index (χ0n) is 7.12. The van der Waals surface area contributed by atoms with E-state index in [2.05, 4.69) is 0 Å². The van der Waals surface area contributed by atoms with Gasteiger partial charge in [0.05, 0.1) is 5.69 Å². The van der Waals surface area contributed by atoms with Crippen LogP contribution in [0.4, 0.5) is 18.9 Å². The molecule has 0 aromatic heterocycles. The summed E-state index contributed by atoms with van der Waals surface area (Å²) in [6.07, 6.45) is 0. The number of phenolic OH excluding ortho intramolecular Hbond substituents is 1. The molecule has 8 heteroatoms. The lowest BCUT2D eigenvalue weighted by atomic mass is 10.3. The van der Waals surface area contributed by atoms with Gasteiger partial charge < -0.3 is 5.11 Å². The number of hydrogen-bond acceptors (Lipinski definition) is 3. The quantitative estimate of drug-likeness (QED) is 0.788. The third-order valence-corrected chi connectivity index (χ3v) is 2.42. The monoisotopic (exact) mass is 241 g/mol. The van der Waals surface area contributed by atoms with Crippen LogP contribution < -0.4 is 4.72 Å². The molecule has 1 aromatic rings. The fraction of sp³-hybridized carbons (Fsp3) is 0.143. The first-order valence-electron chi connectivity index (χ1n) is 3.61. The van der Waals surface area contributed by atoms with Crippen LogP contribution in [0.2, 0.25) is 0 Å². The van der Waals surface area contributed by atoms with Crippen LogP contribution >= 0.6 is 0 Å². The molecule has 0 spiro atoms. The van der Waals surface area contributed by atoms with Crippen molar-refractivity contribution in [1.29, 1.82) is 0 Å². The standard InChI is InChI=1S/C7H6F3NO3S/c8-4-1-2-6(12)5(3-4)11-15(13,14)7(9)10/h1-3,7,11-12H. The molecule has 0 atom stereocenters. The molecule has 0 saturated heterocycles. The smallest absolute Gasteiger partial charge is 0.355 e. The molecule has 0 heterocycles. The van der Waals surface area contributed by atoms with E-state index >= 15 is 0 Å². The molecule has 84 valence electrons. The van der Waals surface area contributed by atoms with E-state index in [9.17, 15) is 21.6 Å². The summed E-state index contributed by atoms with van der Waals surface area (Å²) in [5, 5.41) is 9.04. The van der Waals surface area contributed by atoms with Crippen molar-refractivity contribution in [2.75, 3.05) is 4.72 Å². The van der Waals surface area contributed by atoms with Crippen molar-refractivity contribution < 1.29 is 26.7 Å². The summed E-state index contributed by atoms with van der Waals surface area (Å²) in [7, 11) is -4.90. The van der Waals surface area contributed by atoms with Crippen LogP contribution in [0.25, 0.3) is 0 Å². The van der Waals surface area contributed by atoms with E-state index in [0.29, 0.717) is 6.07 Å². The Balaban J connectivity index is 3.05. The Hall–Kier alpha value is -1.44. The van der Waals surface area contributed by atoms with Crippen LogP contribution in [0.5, 0.6) is 5.75 Å². The van der Waals surface area contributed by atoms with E-state index in [0.717, 1.165) is 12.1 Å². The normalized spacial score (nSPS) is 11.7. The van der Waals surface area contributed by atoms with Gasteiger partial charge in [-0.15, -0.1) is 0 Å². The van der Waals surface area contributed by atoms with Crippen LogP contribution in [-0.4, -0.2) is 19.3 Å². The molecule has 0 radical (unpaired) electrons. The van der Waals surface area contributed by atoms with Gasteiger partial charge in [0.2, 0.25) is 0 Å². The maximum atomic E-state index is 12.6. The Labute approximate surface area is 83.4 Å². The van der Waals surface area contributed by atoms with Gasteiger partial charge in [-0.1, -0.05) is 0 Å². The average Bonchev–Trinajstić information content (AvgIpc) is 2.10. The van der Waals surface area contributed by atoms with Gasteiger partial charge in [0.15, 0.2) is 0 Å². The number of sulfonamides is 1. The summed E-state index contributed by atoms with van der Waals surface area (Å²) in [6.45, 7) is 0. The molecule has 0 amide bonds. The number of rotatable bonds is 3. The molecule has 0 aliphatic rings. The Morgan fingerprint density at radius 1 is 1.33 bits per heavy atom. The number of alkyl halides is 2. The molecule has 2 N–H and O–H groups in total. The third kappa shape index (κ3) is 2.75. The fourth-order valence-corrected chi connectivity index (χ4v) is 1.35. The summed E-state index contributed by atoms with van der Waals surface area (Å²) in [4.78, 5) is 0. The van der Waals surface area contributed by atoms with Gasteiger partial charge in [-0.05, 0) is 12.1 Å². The van der Waals surface area contributed by atoms with E-state index < -0.39 is 33.0 Å². The Kier molecular flexibility index (Phi) is 3.08. The fourth-order valence-electron chi connectivity index (χ4n) is 0.788. The minimum atomic E-state index is -4.90. The second-order valence-corrected chi connectivity index (χ2v) is 4.22. The van der Waals surface area contributed by atoms with Crippen molar-refractivity contribution in [3.8, 4) is 5.75 Å². The average molecular weight is 241 g/mol. The summed E-state index contributed by atoms with van der Waals surface area (Å²) >= 11 is 0. The minimum Gasteiger partial charge on any atom is -0.506 e. The van der Waals surface area contributed by atoms with Gasteiger partial charge in [-0.2, -0.15) is 8.78 Å². The molecule has 0 saturated carbocycles. The number of aromatic hydroxyl groups is 1. The second-order valence-electron chi connectivity index (χ2n) is 2.57. The molecule has 0 fully saturated rings. The maximum Gasteiger partial charge on any atom is 0.355 e. The molecular formula is C7H6F3NO3S. The van der Waals surface area contributed by atoms with E-state index in [4.69, 9.17) is 5.11 Å². The zero-order chi connectivity index (χ0) is 11.6. The highest BCUT2D eigenvalue weighted by Gasteiger charge is 2.24.